The number of aromatic nitrogens is 2. The second-order valence-electron chi connectivity index (χ2n) is 11.3. The minimum atomic E-state index is 0.492. The molecule has 2 heterocycles. The van der Waals surface area contributed by atoms with Crippen LogP contribution in [0.4, 0.5) is 5.82 Å². The van der Waals surface area contributed by atoms with E-state index in [0.717, 1.165) is 46.2 Å². The quantitative estimate of drug-likeness (QED) is 0.363. The number of rotatable bonds is 8. The molecule has 0 saturated heterocycles. The number of aliphatic imine (C=N–C) groups is 1. The summed E-state index contributed by atoms with van der Waals surface area (Å²) in [6.07, 6.45) is 14.8. The molecule has 1 aliphatic heterocycles. The molecule has 2 aliphatic rings. The van der Waals surface area contributed by atoms with E-state index in [1.165, 1.54) is 36.8 Å². The summed E-state index contributed by atoms with van der Waals surface area (Å²) in [6, 6.07) is 9.21. The van der Waals surface area contributed by atoms with Gasteiger partial charge in [-0.25, -0.2) is 4.68 Å². The molecule has 2 N–H and O–H groups in total. The maximum absolute atomic E-state index is 5.02. The predicted octanol–water partition coefficient (Wildman–Crippen LogP) is 8.01. The molecule has 5 heteroatoms. The Balaban J connectivity index is 1.63. The molecule has 0 atom stereocenters. The molecule has 1 aromatic heterocycles. The Kier molecular flexibility index (Phi) is 8.21. The van der Waals surface area contributed by atoms with E-state index < -0.39 is 0 Å². The van der Waals surface area contributed by atoms with Crippen molar-refractivity contribution < 1.29 is 0 Å². The highest BCUT2D eigenvalue weighted by Crippen LogP contribution is 2.43. The molecule has 196 valence electrons. The van der Waals surface area contributed by atoms with E-state index in [1.54, 1.807) is 6.20 Å². The van der Waals surface area contributed by atoms with E-state index in [-0.39, 0.29) is 0 Å². The number of allylic oxidation sites excluding steroid dienone is 4. The molecule has 1 saturated carbocycles. The summed E-state index contributed by atoms with van der Waals surface area (Å²) >= 11 is 0. The Morgan fingerprint density at radius 2 is 1.92 bits per heavy atom. The fourth-order valence-corrected chi connectivity index (χ4v) is 5.41. The molecular weight excluding hydrogens is 454 g/mol. The topological polar surface area (TPSA) is 54.2 Å². The summed E-state index contributed by atoms with van der Waals surface area (Å²) < 4.78 is 2.03. The van der Waals surface area contributed by atoms with Gasteiger partial charge in [0.15, 0.2) is 0 Å². The van der Waals surface area contributed by atoms with Gasteiger partial charge in [-0.2, -0.15) is 5.10 Å². The smallest absolute Gasteiger partial charge is 0.142 e. The molecule has 1 aromatic carbocycles. The zero-order valence-electron chi connectivity index (χ0n) is 23.5. The number of nitrogens with zero attached hydrogens (tertiary/aromatic N) is 3. The van der Waals surface area contributed by atoms with E-state index in [2.05, 4.69) is 86.3 Å². The first-order valence-electron chi connectivity index (χ1n) is 13.7. The second-order valence-corrected chi connectivity index (χ2v) is 11.3. The standard InChI is InChI=1S/C32H43N5/c1-8-9-27-21-28(26-12-10-24(11-13-26)25-14-16-32(5,6)17-15-25)35-31-30(22(2)3)29(36-37(27)31)20-23(4)34-19-18-33-7/h9-13,18-19,21,25,33,35H,2,8,14-17,20H2,1,3-7H3/b19-18-,27-9+,34-23?. The number of nitrogens with one attached hydrogen (secondary N) is 2. The number of benzene rings is 1. The second kappa shape index (κ2) is 11.4. The lowest BCUT2D eigenvalue weighted by Gasteiger charge is -2.34. The largest absolute Gasteiger partial charge is 0.393 e. The van der Waals surface area contributed by atoms with Crippen molar-refractivity contribution in [2.75, 3.05) is 12.4 Å². The van der Waals surface area contributed by atoms with Gasteiger partial charge in [0.05, 0.1) is 11.4 Å². The van der Waals surface area contributed by atoms with Gasteiger partial charge in [0, 0.05) is 42.8 Å². The van der Waals surface area contributed by atoms with E-state index in [4.69, 9.17) is 5.10 Å². The highest BCUT2D eigenvalue weighted by molar-refractivity contribution is 5.93. The van der Waals surface area contributed by atoms with Crippen molar-refractivity contribution in [3.8, 4) is 0 Å². The van der Waals surface area contributed by atoms with E-state index in [9.17, 15) is 0 Å². The summed E-state index contributed by atoms with van der Waals surface area (Å²) in [6.45, 7) is 15.4. The number of fused-ring (bicyclic) bond motifs is 1. The molecular formula is C32H43N5. The lowest BCUT2D eigenvalue weighted by Crippen LogP contribution is -2.20. The minimum absolute atomic E-state index is 0.492. The van der Waals surface area contributed by atoms with Crippen molar-refractivity contribution in [2.45, 2.75) is 79.1 Å². The SMILES string of the molecule is C=C(C)c1c(CC(C)=N/C=C\NC)nn2c1NC(c1ccc(C3CCC(C)(C)CC3)cc1)=C/C2=C\CC. The van der Waals surface area contributed by atoms with Gasteiger partial charge < -0.3 is 10.6 Å². The van der Waals surface area contributed by atoms with Gasteiger partial charge in [0.2, 0.25) is 0 Å². The Morgan fingerprint density at radius 1 is 1.22 bits per heavy atom. The van der Waals surface area contributed by atoms with Crippen LogP contribution in [0.1, 0.15) is 95.0 Å². The number of anilines is 1. The van der Waals surface area contributed by atoms with Gasteiger partial charge in [-0.1, -0.05) is 57.7 Å². The predicted molar refractivity (Wildman–Crippen MR) is 160 cm³/mol. The van der Waals surface area contributed by atoms with Crippen LogP contribution in [0.3, 0.4) is 0 Å². The molecule has 0 radical (unpaired) electrons. The fourth-order valence-electron chi connectivity index (χ4n) is 5.41. The lowest BCUT2D eigenvalue weighted by molar-refractivity contribution is 0.224. The van der Waals surface area contributed by atoms with Gasteiger partial charge in [-0.3, -0.25) is 4.99 Å². The molecule has 5 nitrogen and oxygen atoms in total. The van der Waals surface area contributed by atoms with Crippen LogP contribution in [-0.2, 0) is 6.42 Å². The zero-order chi connectivity index (χ0) is 26.6. The molecule has 1 fully saturated rings. The van der Waals surface area contributed by atoms with Crippen LogP contribution < -0.4 is 10.6 Å². The first-order valence-corrected chi connectivity index (χ1v) is 13.7. The number of hydrogen-bond acceptors (Lipinski definition) is 4. The van der Waals surface area contributed by atoms with Gasteiger partial charge in [0.1, 0.15) is 5.82 Å². The normalized spacial score (nSPS) is 19.0. The lowest BCUT2D eigenvalue weighted by atomic mass is 9.71. The van der Waals surface area contributed by atoms with Crippen LogP contribution >= 0.6 is 0 Å². The maximum Gasteiger partial charge on any atom is 0.142 e. The molecule has 37 heavy (non-hydrogen) atoms. The molecule has 4 rings (SSSR count). The van der Waals surface area contributed by atoms with E-state index in [0.29, 0.717) is 17.8 Å². The van der Waals surface area contributed by atoms with Crippen molar-refractivity contribution >= 4 is 28.5 Å². The maximum atomic E-state index is 5.02. The van der Waals surface area contributed by atoms with Gasteiger partial charge >= 0.3 is 0 Å². The van der Waals surface area contributed by atoms with Crippen LogP contribution in [0.2, 0.25) is 0 Å². The summed E-state index contributed by atoms with van der Waals surface area (Å²) in [7, 11) is 1.87. The molecule has 1 aliphatic carbocycles. The van der Waals surface area contributed by atoms with E-state index >= 15 is 0 Å². The van der Waals surface area contributed by atoms with Gasteiger partial charge in [0.25, 0.3) is 0 Å². The van der Waals surface area contributed by atoms with Crippen molar-refractivity contribution in [3.05, 3.63) is 77.8 Å². The zero-order valence-corrected chi connectivity index (χ0v) is 23.5. The molecule has 2 aromatic rings. The highest BCUT2D eigenvalue weighted by atomic mass is 15.4. The van der Waals surface area contributed by atoms with Crippen molar-refractivity contribution in [2.24, 2.45) is 10.4 Å². The van der Waals surface area contributed by atoms with Crippen molar-refractivity contribution in [1.29, 1.82) is 0 Å². The Morgan fingerprint density at radius 3 is 2.54 bits per heavy atom. The Labute approximate surface area is 223 Å². The Bertz CT molecular complexity index is 1240. The Hall–Kier alpha value is -3.34. The van der Waals surface area contributed by atoms with E-state index in [1.807, 2.05) is 24.9 Å². The first kappa shape index (κ1) is 26.7. The third-order valence-corrected chi connectivity index (χ3v) is 7.58. The first-order chi connectivity index (χ1) is 17.7. The van der Waals surface area contributed by atoms with Gasteiger partial charge in [-0.15, -0.1) is 0 Å². The molecule has 0 spiro atoms. The molecule has 0 bridgehead atoms. The monoisotopic (exact) mass is 497 g/mol. The third-order valence-electron chi connectivity index (χ3n) is 7.58. The summed E-state index contributed by atoms with van der Waals surface area (Å²) in [5.74, 6) is 1.66. The van der Waals surface area contributed by atoms with Gasteiger partial charge in [-0.05, 0) is 80.1 Å². The average molecular weight is 498 g/mol. The van der Waals surface area contributed by atoms with Crippen molar-refractivity contribution in [1.82, 2.24) is 15.1 Å². The van der Waals surface area contributed by atoms with Crippen LogP contribution in [0.5, 0.6) is 0 Å². The highest BCUT2D eigenvalue weighted by Gasteiger charge is 2.28. The molecule has 0 amide bonds. The minimum Gasteiger partial charge on any atom is -0.393 e. The summed E-state index contributed by atoms with van der Waals surface area (Å²) in [5.41, 5.74) is 9.39. The van der Waals surface area contributed by atoms with Crippen LogP contribution in [-0.4, -0.2) is 22.5 Å². The number of hydrogen-bond donors (Lipinski definition) is 2. The van der Waals surface area contributed by atoms with Crippen molar-refractivity contribution in [3.63, 3.8) is 0 Å². The third kappa shape index (κ3) is 6.15. The summed E-state index contributed by atoms with van der Waals surface area (Å²) in [5, 5.41) is 11.7. The van der Waals surface area contributed by atoms with Crippen LogP contribution in [0.15, 0.2) is 60.4 Å². The average Bonchev–Trinajstić information content (AvgIpc) is 3.23. The fraction of sp³-hybridized carbons (Fsp3) is 0.438. The summed E-state index contributed by atoms with van der Waals surface area (Å²) in [4.78, 5) is 4.53. The molecule has 0 unspecified atom stereocenters. The van der Waals surface area contributed by atoms with Crippen LogP contribution in [0, 0.1) is 5.41 Å². The van der Waals surface area contributed by atoms with Crippen LogP contribution in [0.25, 0.3) is 17.0 Å².